The van der Waals surface area contributed by atoms with Crippen LogP contribution in [0.1, 0.15) is 16.7 Å². The summed E-state index contributed by atoms with van der Waals surface area (Å²) in [5.74, 6) is -0.284. The van der Waals surface area contributed by atoms with Crippen molar-refractivity contribution in [3.8, 4) is 10.8 Å². The molecule has 6 nitrogen and oxygen atoms in total. The molecule has 0 atom stereocenters. The van der Waals surface area contributed by atoms with Gasteiger partial charge in [0.15, 0.2) is 0 Å². The Bertz CT molecular complexity index is 1180. The largest absolute Gasteiger partial charge is 0.437 e. The fourth-order valence-electron chi connectivity index (χ4n) is 2.68. The van der Waals surface area contributed by atoms with Crippen LogP contribution in [0.25, 0.3) is 21.7 Å². The SMILES string of the molecule is Cc1cc2oc(=O)cc(Cn3nc(-c4cccs4)oc3=O)c2cc1C. The van der Waals surface area contributed by atoms with Crippen molar-refractivity contribution < 1.29 is 8.83 Å². The zero-order chi connectivity index (χ0) is 17.6. The summed E-state index contributed by atoms with van der Waals surface area (Å²) in [6.07, 6.45) is 0. The molecule has 0 fully saturated rings. The number of rotatable bonds is 3. The molecule has 4 rings (SSSR count). The van der Waals surface area contributed by atoms with E-state index in [0.29, 0.717) is 11.1 Å². The molecular weight excluding hydrogens is 340 g/mol. The lowest BCUT2D eigenvalue weighted by Crippen LogP contribution is -2.17. The van der Waals surface area contributed by atoms with Gasteiger partial charge in [-0.05, 0) is 54.1 Å². The summed E-state index contributed by atoms with van der Waals surface area (Å²) in [7, 11) is 0. The minimum absolute atomic E-state index is 0.137. The summed E-state index contributed by atoms with van der Waals surface area (Å²) < 4.78 is 11.7. The summed E-state index contributed by atoms with van der Waals surface area (Å²) in [6, 6.07) is 8.87. The van der Waals surface area contributed by atoms with Crippen molar-refractivity contribution >= 4 is 22.3 Å². The number of benzene rings is 1. The van der Waals surface area contributed by atoms with E-state index < -0.39 is 11.4 Å². The van der Waals surface area contributed by atoms with Gasteiger partial charge in [-0.2, -0.15) is 4.68 Å². The van der Waals surface area contributed by atoms with Crippen molar-refractivity contribution in [3.05, 3.63) is 73.4 Å². The van der Waals surface area contributed by atoms with Crippen LogP contribution < -0.4 is 11.4 Å². The molecule has 7 heteroatoms. The van der Waals surface area contributed by atoms with E-state index in [-0.39, 0.29) is 12.4 Å². The van der Waals surface area contributed by atoms with E-state index in [0.717, 1.165) is 21.4 Å². The first kappa shape index (κ1) is 15.6. The minimum Gasteiger partial charge on any atom is -0.423 e. The third kappa shape index (κ3) is 2.83. The highest BCUT2D eigenvalue weighted by Crippen LogP contribution is 2.23. The smallest absolute Gasteiger partial charge is 0.423 e. The van der Waals surface area contributed by atoms with Gasteiger partial charge in [0, 0.05) is 11.5 Å². The second-order valence-electron chi connectivity index (χ2n) is 5.83. The number of thiophene rings is 1. The third-order valence-corrected chi connectivity index (χ3v) is 4.96. The van der Waals surface area contributed by atoms with Crippen LogP contribution in [0.4, 0.5) is 0 Å². The maximum absolute atomic E-state index is 12.1. The number of nitrogens with zero attached hydrogens (tertiary/aromatic N) is 2. The van der Waals surface area contributed by atoms with Gasteiger partial charge in [-0.1, -0.05) is 6.07 Å². The molecular formula is C18H14N2O4S. The molecule has 0 saturated carbocycles. The molecule has 126 valence electrons. The summed E-state index contributed by atoms with van der Waals surface area (Å²) in [5.41, 5.74) is 2.82. The number of hydrogen-bond acceptors (Lipinski definition) is 6. The number of aryl methyl sites for hydroxylation is 2. The molecule has 0 aliphatic carbocycles. The standard InChI is InChI=1S/C18H14N2O4S/c1-10-6-13-12(8-16(21)23-14(13)7-11(10)2)9-20-18(22)24-17(19-20)15-4-3-5-25-15/h3-8H,9H2,1-2H3. The van der Waals surface area contributed by atoms with Crippen LogP contribution in [-0.2, 0) is 6.54 Å². The van der Waals surface area contributed by atoms with E-state index in [1.54, 1.807) is 0 Å². The normalized spacial score (nSPS) is 11.3. The lowest BCUT2D eigenvalue weighted by Gasteiger charge is -2.07. The molecule has 0 amide bonds. The average Bonchev–Trinajstić information content (AvgIpc) is 3.20. The predicted molar refractivity (Wildman–Crippen MR) is 95.1 cm³/mol. The van der Waals surface area contributed by atoms with E-state index in [1.807, 2.05) is 43.5 Å². The predicted octanol–water partition coefficient (Wildman–Crippen LogP) is 3.34. The second kappa shape index (κ2) is 5.86. The molecule has 0 N–H and O–H groups in total. The quantitative estimate of drug-likeness (QED) is 0.527. The molecule has 3 aromatic heterocycles. The van der Waals surface area contributed by atoms with Crippen molar-refractivity contribution in [1.82, 2.24) is 9.78 Å². The van der Waals surface area contributed by atoms with Crippen molar-refractivity contribution in [1.29, 1.82) is 0 Å². The van der Waals surface area contributed by atoms with Gasteiger partial charge < -0.3 is 8.83 Å². The van der Waals surface area contributed by atoms with Crippen molar-refractivity contribution in [2.24, 2.45) is 0 Å². The molecule has 0 spiro atoms. The Morgan fingerprint density at radius 3 is 2.68 bits per heavy atom. The van der Waals surface area contributed by atoms with Crippen LogP contribution in [0.15, 0.2) is 54.1 Å². The first-order chi connectivity index (χ1) is 12.0. The van der Waals surface area contributed by atoms with Gasteiger partial charge >= 0.3 is 11.4 Å². The van der Waals surface area contributed by atoms with Crippen LogP contribution in [-0.4, -0.2) is 9.78 Å². The molecule has 0 unspecified atom stereocenters. The molecule has 0 saturated heterocycles. The molecule has 0 radical (unpaired) electrons. The van der Waals surface area contributed by atoms with Crippen LogP contribution >= 0.6 is 11.3 Å². The van der Waals surface area contributed by atoms with Crippen molar-refractivity contribution in [2.45, 2.75) is 20.4 Å². The summed E-state index contributed by atoms with van der Waals surface area (Å²) in [4.78, 5) is 24.8. The lowest BCUT2D eigenvalue weighted by molar-refractivity contribution is 0.494. The minimum atomic E-state index is -0.561. The van der Waals surface area contributed by atoms with E-state index in [1.165, 1.54) is 22.1 Å². The Morgan fingerprint density at radius 1 is 1.12 bits per heavy atom. The monoisotopic (exact) mass is 354 g/mol. The van der Waals surface area contributed by atoms with Gasteiger partial charge in [0.2, 0.25) is 0 Å². The molecule has 4 aromatic rings. The van der Waals surface area contributed by atoms with Gasteiger partial charge in [-0.15, -0.1) is 16.4 Å². The average molecular weight is 354 g/mol. The number of aromatic nitrogens is 2. The zero-order valence-electron chi connectivity index (χ0n) is 13.6. The van der Waals surface area contributed by atoms with Crippen LogP contribution in [0.3, 0.4) is 0 Å². The van der Waals surface area contributed by atoms with E-state index in [9.17, 15) is 9.59 Å². The van der Waals surface area contributed by atoms with Crippen molar-refractivity contribution in [3.63, 3.8) is 0 Å². The third-order valence-electron chi connectivity index (χ3n) is 4.10. The Morgan fingerprint density at radius 2 is 1.92 bits per heavy atom. The highest BCUT2D eigenvalue weighted by Gasteiger charge is 2.14. The highest BCUT2D eigenvalue weighted by atomic mass is 32.1. The van der Waals surface area contributed by atoms with E-state index in [4.69, 9.17) is 8.83 Å². The van der Waals surface area contributed by atoms with Gasteiger partial charge in [0.25, 0.3) is 5.89 Å². The number of hydrogen-bond donors (Lipinski definition) is 0. The molecule has 25 heavy (non-hydrogen) atoms. The fraction of sp³-hybridized carbons (Fsp3) is 0.167. The summed E-state index contributed by atoms with van der Waals surface area (Å²) in [5, 5.41) is 6.91. The lowest BCUT2D eigenvalue weighted by atomic mass is 10.0. The van der Waals surface area contributed by atoms with Gasteiger partial charge in [-0.25, -0.2) is 9.59 Å². The number of fused-ring (bicyclic) bond motifs is 1. The summed E-state index contributed by atoms with van der Waals surface area (Å²) >= 11 is 1.44. The van der Waals surface area contributed by atoms with Gasteiger partial charge in [0.05, 0.1) is 11.4 Å². The van der Waals surface area contributed by atoms with Gasteiger partial charge in [0.1, 0.15) is 5.58 Å². The first-order valence-electron chi connectivity index (χ1n) is 7.67. The van der Waals surface area contributed by atoms with Crippen LogP contribution in [0.5, 0.6) is 0 Å². The van der Waals surface area contributed by atoms with Gasteiger partial charge in [-0.3, -0.25) is 0 Å². The molecule has 0 aliphatic rings. The Hall–Kier alpha value is -2.93. The zero-order valence-corrected chi connectivity index (χ0v) is 14.4. The van der Waals surface area contributed by atoms with Crippen LogP contribution in [0.2, 0.25) is 0 Å². The Labute approximate surface area is 146 Å². The molecule has 1 aromatic carbocycles. The van der Waals surface area contributed by atoms with Crippen molar-refractivity contribution in [2.75, 3.05) is 0 Å². The Kier molecular flexibility index (Phi) is 3.65. The molecule has 3 heterocycles. The Balaban J connectivity index is 1.82. The maximum Gasteiger partial charge on any atom is 0.437 e. The molecule has 0 aliphatic heterocycles. The molecule has 0 bridgehead atoms. The van der Waals surface area contributed by atoms with E-state index in [2.05, 4.69) is 5.10 Å². The topological polar surface area (TPSA) is 78.2 Å². The fourth-order valence-corrected chi connectivity index (χ4v) is 3.33. The highest BCUT2D eigenvalue weighted by molar-refractivity contribution is 7.13. The van der Waals surface area contributed by atoms with Crippen LogP contribution in [0, 0.1) is 13.8 Å². The van der Waals surface area contributed by atoms with E-state index >= 15 is 0 Å². The summed E-state index contributed by atoms with van der Waals surface area (Å²) in [6.45, 7) is 4.08. The second-order valence-corrected chi connectivity index (χ2v) is 6.78. The maximum atomic E-state index is 12.1. The first-order valence-corrected chi connectivity index (χ1v) is 8.55.